The molecule has 1 saturated carbocycles. The van der Waals surface area contributed by atoms with Gasteiger partial charge in [-0.05, 0) is 44.9 Å². The quantitative estimate of drug-likeness (QED) is 0.810. The van der Waals surface area contributed by atoms with Gasteiger partial charge in [0.25, 0.3) is 0 Å². The van der Waals surface area contributed by atoms with E-state index in [1.54, 1.807) is 6.92 Å². The Hall–Kier alpha value is -1.19. The number of Topliss-reactive ketones (excluding diaryl/α,β-unsaturated/α-hetero) is 1. The molecule has 2 rings (SSSR count). The lowest BCUT2D eigenvalue weighted by atomic mass is 9.80. The number of aromatic nitrogens is 2. The van der Waals surface area contributed by atoms with Gasteiger partial charge in [0.05, 0.1) is 5.92 Å². The summed E-state index contributed by atoms with van der Waals surface area (Å²) in [5, 5.41) is 4.10. The van der Waals surface area contributed by atoms with Crippen molar-refractivity contribution >= 4 is 5.78 Å². The predicted molar refractivity (Wildman–Crippen MR) is 73.0 cm³/mol. The van der Waals surface area contributed by atoms with Crippen molar-refractivity contribution in [2.45, 2.75) is 71.1 Å². The molecule has 1 fully saturated rings. The normalized spacial score (nSPS) is 25.2. The monoisotopic (exact) mass is 264 g/mol. The molecule has 0 spiro atoms. The minimum Gasteiger partial charge on any atom is -0.339 e. The van der Waals surface area contributed by atoms with E-state index in [-0.39, 0.29) is 11.7 Å². The first-order valence-corrected chi connectivity index (χ1v) is 7.49. The largest absolute Gasteiger partial charge is 0.339 e. The third-order valence-corrected chi connectivity index (χ3v) is 4.44. The maximum absolute atomic E-state index is 11.5. The van der Waals surface area contributed by atoms with Crippen molar-refractivity contribution < 1.29 is 9.32 Å². The van der Waals surface area contributed by atoms with Crippen molar-refractivity contribution in [3.05, 3.63) is 11.7 Å². The number of hydrogen-bond donors (Lipinski definition) is 0. The van der Waals surface area contributed by atoms with Crippen LogP contribution in [0.15, 0.2) is 4.52 Å². The zero-order chi connectivity index (χ0) is 13.8. The second-order valence-corrected chi connectivity index (χ2v) is 5.69. The van der Waals surface area contributed by atoms with Gasteiger partial charge in [0, 0.05) is 5.92 Å². The van der Waals surface area contributed by atoms with Crippen LogP contribution in [0.25, 0.3) is 0 Å². The number of carbonyl (C=O) groups excluding carboxylic acids is 1. The summed E-state index contributed by atoms with van der Waals surface area (Å²) >= 11 is 0. The standard InChI is InChI=1S/C15H24N2O2/c1-4-11-6-8-12(9-7-11)14-16-15(19-17-14)13(5-2)10(3)18/h11-13H,4-9H2,1-3H3. The lowest BCUT2D eigenvalue weighted by molar-refractivity contribution is -0.119. The Balaban J connectivity index is 2.03. The number of nitrogens with zero attached hydrogens (tertiary/aromatic N) is 2. The zero-order valence-corrected chi connectivity index (χ0v) is 12.2. The van der Waals surface area contributed by atoms with Crippen LogP contribution in [0.4, 0.5) is 0 Å². The van der Waals surface area contributed by atoms with Crippen LogP contribution in [-0.4, -0.2) is 15.9 Å². The Morgan fingerprint density at radius 1 is 1.32 bits per heavy atom. The smallest absolute Gasteiger partial charge is 0.237 e. The molecule has 1 heterocycles. The van der Waals surface area contributed by atoms with E-state index in [2.05, 4.69) is 17.1 Å². The van der Waals surface area contributed by atoms with Crippen LogP contribution < -0.4 is 0 Å². The summed E-state index contributed by atoms with van der Waals surface area (Å²) in [5.74, 6) is 2.47. The molecule has 1 aromatic heterocycles. The van der Waals surface area contributed by atoms with Gasteiger partial charge >= 0.3 is 0 Å². The molecule has 106 valence electrons. The van der Waals surface area contributed by atoms with Gasteiger partial charge in [0.2, 0.25) is 5.89 Å². The van der Waals surface area contributed by atoms with Gasteiger partial charge in [-0.1, -0.05) is 25.4 Å². The Labute approximate surface area is 115 Å². The van der Waals surface area contributed by atoms with Gasteiger partial charge in [0.1, 0.15) is 5.78 Å². The van der Waals surface area contributed by atoms with Gasteiger partial charge in [-0.3, -0.25) is 4.79 Å². The zero-order valence-electron chi connectivity index (χ0n) is 12.2. The van der Waals surface area contributed by atoms with Crippen LogP contribution >= 0.6 is 0 Å². The molecule has 1 aliphatic rings. The minimum absolute atomic E-state index is 0.104. The van der Waals surface area contributed by atoms with Gasteiger partial charge in [-0.2, -0.15) is 4.98 Å². The highest BCUT2D eigenvalue weighted by Gasteiger charge is 2.27. The first-order chi connectivity index (χ1) is 9.15. The number of ketones is 1. The maximum Gasteiger partial charge on any atom is 0.237 e. The van der Waals surface area contributed by atoms with Crippen LogP contribution in [-0.2, 0) is 4.79 Å². The van der Waals surface area contributed by atoms with Crippen molar-refractivity contribution in [1.29, 1.82) is 0 Å². The molecule has 0 bridgehead atoms. The Morgan fingerprint density at radius 2 is 2.00 bits per heavy atom. The van der Waals surface area contributed by atoms with Gasteiger partial charge in [0.15, 0.2) is 5.82 Å². The highest BCUT2D eigenvalue weighted by molar-refractivity contribution is 5.82. The van der Waals surface area contributed by atoms with Crippen molar-refractivity contribution in [1.82, 2.24) is 10.1 Å². The van der Waals surface area contributed by atoms with Crippen molar-refractivity contribution in [3.8, 4) is 0 Å². The fraction of sp³-hybridized carbons (Fsp3) is 0.800. The predicted octanol–water partition coefficient (Wildman–Crippen LogP) is 3.84. The average molecular weight is 264 g/mol. The van der Waals surface area contributed by atoms with E-state index in [9.17, 15) is 4.79 Å². The lowest BCUT2D eigenvalue weighted by Gasteiger charge is -2.25. The Bertz CT molecular complexity index is 420. The third-order valence-electron chi connectivity index (χ3n) is 4.44. The van der Waals surface area contributed by atoms with E-state index in [1.165, 1.54) is 19.3 Å². The number of rotatable bonds is 5. The fourth-order valence-corrected chi connectivity index (χ4v) is 3.02. The summed E-state index contributed by atoms with van der Waals surface area (Å²) in [4.78, 5) is 16.0. The molecule has 0 radical (unpaired) electrons. The molecule has 4 heteroatoms. The van der Waals surface area contributed by atoms with Crippen LogP contribution in [0.1, 0.15) is 82.8 Å². The Kier molecular flexibility index (Phi) is 4.72. The van der Waals surface area contributed by atoms with Gasteiger partial charge in [-0.25, -0.2) is 0 Å². The highest BCUT2D eigenvalue weighted by Crippen LogP contribution is 2.36. The molecule has 0 aromatic carbocycles. The average Bonchev–Trinajstić information content (AvgIpc) is 2.89. The Morgan fingerprint density at radius 3 is 2.53 bits per heavy atom. The summed E-state index contributed by atoms with van der Waals surface area (Å²) in [7, 11) is 0. The minimum atomic E-state index is -0.228. The SMILES string of the molecule is CCC1CCC(c2noc(C(CC)C(C)=O)n2)CC1. The van der Waals surface area contributed by atoms with E-state index >= 15 is 0 Å². The molecular weight excluding hydrogens is 240 g/mol. The molecule has 1 unspecified atom stereocenters. The van der Waals surface area contributed by atoms with Gasteiger partial charge < -0.3 is 4.52 Å². The maximum atomic E-state index is 11.5. The topological polar surface area (TPSA) is 56.0 Å². The highest BCUT2D eigenvalue weighted by atomic mass is 16.5. The third kappa shape index (κ3) is 3.23. The van der Waals surface area contributed by atoms with Crippen LogP contribution in [0.5, 0.6) is 0 Å². The van der Waals surface area contributed by atoms with Crippen molar-refractivity contribution in [3.63, 3.8) is 0 Å². The summed E-state index contributed by atoms with van der Waals surface area (Å²) in [5.41, 5.74) is 0. The number of carbonyl (C=O) groups is 1. The molecule has 19 heavy (non-hydrogen) atoms. The first kappa shape index (κ1) is 14.2. The van der Waals surface area contributed by atoms with Crippen molar-refractivity contribution in [2.24, 2.45) is 5.92 Å². The molecule has 1 aromatic rings. The summed E-state index contributed by atoms with van der Waals surface area (Å²) in [6.07, 6.45) is 6.80. The summed E-state index contributed by atoms with van der Waals surface area (Å²) in [6, 6.07) is 0. The second-order valence-electron chi connectivity index (χ2n) is 5.69. The second kappa shape index (κ2) is 6.31. The molecule has 0 saturated heterocycles. The summed E-state index contributed by atoms with van der Waals surface area (Å²) in [6.45, 7) is 5.82. The first-order valence-electron chi connectivity index (χ1n) is 7.49. The number of hydrogen-bond acceptors (Lipinski definition) is 4. The lowest BCUT2D eigenvalue weighted by Crippen LogP contribution is -2.14. The molecule has 4 nitrogen and oxygen atoms in total. The molecule has 1 atom stereocenters. The summed E-state index contributed by atoms with van der Waals surface area (Å²) < 4.78 is 5.30. The van der Waals surface area contributed by atoms with E-state index in [0.717, 1.165) is 31.0 Å². The molecule has 0 aliphatic heterocycles. The molecular formula is C15H24N2O2. The van der Waals surface area contributed by atoms with E-state index in [1.807, 2.05) is 6.92 Å². The van der Waals surface area contributed by atoms with Crippen molar-refractivity contribution in [2.75, 3.05) is 0 Å². The molecule has 0 N–H and O–H groups in total. The van der Waals surface area contributed by atoms with Gasteiger partial charge in [-0.15, -0.1) is 0 Å². The van der Waals surface area contributed by atoms with Crippen LogP contribution in [0.2, 0.25) is 0 Å². The van der Waals surface area contributed by atoms with E-state index in [4.69, 9.17) is 4.52 Å². The van der Waals surface area contributed by atoms with Crippen LogP contribution in [0, 0.1) is 5.92 Å². The van der Waals surface area contributed by atoms with E-state index < -0.39 is 0 Å². The van der Waals surface area contributed by atoms with E-state index in [0.29, 0.717) is 11.8 Å². The van der Waals surface area contributed by atoms with Crippen LogP contribution in [0.3, 0.4) is 0 Å². The molecule has 0 amide bonds. The molecule has 1 aliphatic carbocycles. The fourth-order valence-electron chi connectivity index (χ4n) is 3.02.